The first-order valence-corrected chi connectivity index (χ1v) is 12.3. The smallest absolute Gasteiger partial charge is 0.257 e. The fourth-order valence-corrected chi connectivity index (χ4v) is 5.39. The lowest BCUT2D eigenvalue weighted by Gasteiger charge is -2.11. The molecule has 1 aliphatic rings. The van der Waals surface area contributed by atoms with E-state index < -0.39 is 33.8 Å². The minimum atomic E-state index is -1.42. The molecule has 0 aromatic heterocycles. The highest BCUT2D eigenvalue weighted by molar-refractivity contribution is 6.54. The van der Waals surface area contributed by atoms with Crippen LogP contribution < -0.4 is 16.1 Å². The number of carbonyl (C=O) groups excluding carboxylic acids is 2. The summed E-state index contributed by atoms with van der Waals surface area (Å²) in [5, 5.41) is 14.8. The zero-order valence-corrected chi connectivity index (χ0v) is 22.2. The number of nitrogens with one attached hydrogen (secondary N) is 3. The number of benzene rings is 3. The summed E-state index contributed by atoms with van der Waals surface area (Å²) in [7, 11) is 0. The molecule has 0 saturated heterocycles. The lowest BCUT2D eigenvalue weighted by molar-refractivity contribution is -0.117. The average molecular weight is 612 g/mol. The third-order valence-corrected chi connectivity index (χ3v) is 7.93. The molecule has 4 N–H and O–H groups in total. The molecule has 6 nitrogen and oxygen atoms in total. The Hall–Kier alpha value is -1.97. The Morgan fingerprint density at radius 1 is 0.833 bits per heavy atom. The fraction of sp³-hybridized carbons (Fsp3) is 0.130. The molecular weight excluding hydrogens is 598 g/mol. The second-order valence-electron chi connectivity index (χ2n) is 7.91. The Morgan fingerprint density at radius 3 is 2.11 bits per heavy atom. The summed E-state index contributed by atoms with van der Waals surface area (Å²) in [5.41, 5.74) is 2.69. The Kier molecular flexibility index (Phi) is 7.84. The first kappa shape index (κ1) is 27.1. The molecule has 3 aromatic rings. The number of amides is 2. The van der Waals surface area contributed by atoms with Gasteiger partial charge in [0.25, 0.3) is 5.91 Å². The summed E-state index contributed by atoms with van der Waals surface area (Å²) in [6.07, 6.45) is 0. The summed E-state index contributed by atoms with van der Waals surface area (Å²) in [4.78, 5) is 25.8. The summed E-state index contributed by atoms with van der Waals surface area (Å²) in [5.74, 6) is -3.33. The van der Waals surface area contributed by atoms with Crippen LogP contribution in [0.5, 0.6) is 0 Å². The number of hydrogen-bond donors (Lipinski definition) is 4. The van der Waals surface area contributed by atoms with Crippen molar-refractivity contribution in [3.05, 3.63) is 85.6 Å². The van der Waals surface area contributed by atoms with E-state index in [9.17, 15) is 14.0 Å². The second-order valence-corrected chi connectivity index (χ2v) is 11.0. The average Bonchev–Trinajstić information content (AvgIpc) is 3.39. The molecule has 2 atom stereocenters. The normalized spacial score (nSPS) is 17.9. The summed E-state index contributed by atoms with van der Waals surface area (Å²) < 4.78 is 12.3. The van der Waals surface area contributed by atoms with Gasteiger partial charge < -0.3 is 10.6 Å². The van der Waals surface area contributed by atoms with Crippen LogP contribution in [0.3, 0.4) is 0 Å². The van der Waals surface area contributed by atoms with Crippen LogP contribution in [0.2, 0.25) is 20.1 Å². The molecule has 188 valence electrons. The molecule has 13 heteroatoms. The number of anilines is 3. The monoisotopic (exact) mass is 609 g/mol. The van der Waals surface area contributed by atoms with Crippen molar-refractivity contribution in [1.82, 2.24) is 0 Å². The summed E-state index contributed by atoms with van der Waals surface area (Å²) >= 11 is 37.1. The van der Waals surface area contributed by atoms with Gasteiger partial charge in [-0.15, -0.1) is 23.2 Å². The van der Waals surface area contributed by atoms with Crippen molar-refractivity contribution in [2.45, 2.75) is 10.3 Å². The Bertz CT molecular complexity index is 1360. The zero-order chi connectivity index (χ0) is 26.4. The van der Waals surface area contributed by atoms with E-state index in [1.54, 1.807) is 17.6 Å². The topological polar surface area (TPSA) is 90.5 Å². The van der Waals surface area contributed by atoms with Gasteiger partial charge in [-0.25, -0.2) is 4.39 Å². The van der Waals surface area contributed by atoms with Crippen LogP contribution in [0, 0.1) is 11.7 Å². The largest absolute Gasteiger partial charge is 0.326 e. The highest BCUT2D eigenvalue weighted by Crippen LogP contribution is 2.65. The van der Waals surface area contributed by atoms with E-state index in [-0.39, 0.29) is 42.7 Å². The predicted molar refractivity (Wildman–Crippen MR) is 142 cm³/mol. The van der Waals surface area contributed by atoms with Gasteiger partial charge in [0.05, 0.1) is 37.3 Å². The predicted octanol–water partition coefficient (Wildman–Crippen LogP) is 8.02. The van der Waals surface area contributed by atoms with Gasteiger partial charge in [0.1, 0.15) is 10.2 Å². The van der Waals surface area contributed by atoms with Crippen LogP contribution in [-0.4, -0.2) is 21.4 Å². The molecule has 0 heterocycles. The molecule has 0 bridgehead atoms. The maximum Gasteiger partial charge on any atom is 0.257 e. The third kappa shape index (κ3) is 5.48. The molecule has 2 amide bonds. The minimum absolute atomic E-state index is 0.00357. The molecule has 0 aliphatic heterocycles. The summed E-state index contributed by atoms with van der Waals surface area (Å²) in [6.45, 7) is 0. The van der Waals surface area contributed by atoms with Gasteiger partial charge in [0, 0.05) is 17.3 Å². The maximum atomic E-state index is 13.7. The number of rotatable bonds is 6. The van der Waals surface area contributed by atoms with E-state index in [1.807, 2.05) is 0 Å². The van der Waals surface area contributed by atoms with Crippen LogP contribution in [0.1, 0.15) is 21.8 Å². The highest BCUT2D eigenvalue weighted by Gasteiger charge is 2.67. The Balaban J connectivity index is 1.52. The standard InChI is InChI=1S/C23H14Cl6FN3O3/c24-15-2-1-11(8-14(15)21(34)32-12-5-10(30)6-13(7-12)33-36)31-22(35)19-18(23(19,28)29)9-3-16(25)20(27)17(26)4-9/h1-8,18-19,33,36H,(H,31,35)(H,32,34)/t18-,19?/m0/s1. The first-order chi connectivity index (χ1) is 16.9. The third-order valence-electron chi connectivity index (χ3n) is 5.46. The molecule has 1 fully saturated rings. The molecule has 36 heavy (non-hydrogen) atoms. The Morgan fingerprint density at radius 2 is 1.47 bits per heavy atom. The van der Waals surface area contributed by atoms with E-state index in [4.69, 9.17) is 74.8 Å². The van der Waals surface area contributed by atoms with Crippen LogP contribution in [0.25, 0.3) is 0 Å². The van der Waals surface area contributed by atoms with Gasteiger partial charge in [0.2, 0.25) is 5.91 Å². The van der Waals surface area contributed by atoms with Crippen molar-refractivity contribution >= 4 is 98.5 Å². The fourth-order valence-electron chi connectivity index (χ4n) is 3.74. The van der Waals surface area contributed by atoms with Gasteiger partial charge in [0.15, 0.2) is 0 Å². The quantitative estimate of drug-likeness (QED) is 0.129. The number of alkyl halides is 2. The second kappa shape index (κ2) is 10.4. The molecule has 4 rings (SSSR count). The zero-order valence-electron chi connectivity index (χ0n) is 17.7. The maximum absolute atomic E-state index is 13.7. The molecule has 0 radical (unpaired) electrons. The van der Waals surface area contributed by atoms with E-state index in [0.29, 0.717) is 5.56 Å². The van der Waals surface area contributed by atoms with Gasteiger partial charge in [-0.2, -0.15) is 0 Å². The van der Waals surface area contributed by atoms with Gasteiger partial charge in [-0.1, -0.05) is 46.4 Å². The minimum Gasteiger partial charge on any atom is -0.326 e. The SMILES string of the molecule is O=C(Nc1cc(F)cc(NO)c1)c1cc(NC(=O)C2[C@H](c3cc(Cl)c(Cl)c(Cl)c3)C2(Cl)Cl)ccc1Cl. The highest BCUT2D eigenvalue weighted by atomic mass is 35.5. The van der Waals surface area contributed by atoms with Gasteiger partial charge in [-0.05, 0) is 54.1 Å². The molecular formula is C23H14Cl6FN3O3. The van der Waals surface area contributed by atoms with E-state index in [2.05, 4.69) is 10.6 Å². The van der Waals surface area contributed by atoms with Gasteiger partial charge >= 0.3 is 0 Å². The van der Waals surface area contributed by atoms with Crippen molar-refractivity contribution in [3.8, 4) is 0 Å². The number of carbonyl (C=O) groups is 2. The van der Waals surface area contributed by atoms with Crippen LogP contribution >= 0.6 is 69.6 Å². The lowest BCUT2D eigenvalue weighted by atomic mass is 10.1. The van der Waals surface area contributed by atoms with Crippen LogP contribution in [-0.2, 0) is 4.79 Å². The number of halogens is 7. The molecule has 3 aromatic carbocycles. The van der Waals surface area contributed by atoms with E-state index in [0.717, 1.165) is 12.1 Å². The summed E-state index contributed by atoms with van der Waals surface area (Å²) in [6, 6.07) is 10.7. The Labute approximate surface area is 234 Å². The molecule has 0 spiro atoms. The van der Waals surface area contributed by atoms with Crippen LogP contribution in [0.15, 0.2) is 48.5 Å². The van der Waals surface area contributed by atoms with Crippen molar-refractivity contribution in [1.29, 1.82) is 0 Å². The van der Waals surface area contributed by atoms with Crippen molar-refractivity contribution in [2.75, 3.05) is 16.1 Å². The molecule has 1 aliphatic carbocycles. The number of hydrogen-bond acceptors (Lipinski definition) is 4. The first-order valence-electron chi connectivity index (χ1n) is 10.1. The van der Waals surface area contributed by atoms with E-state index in [1.165, 1.54) is 24.3 Å². The van der Waals surface area contributed by atoms with Crippen LogP contribution in [0.4, 0.5) is 21.5 Å². The van der Waals surface area contributed by atoms with Crippen molar-refractivity contribution in [3.63, 3.8) is 0 Å². The van der Waals surface area contributed by atoms with Gasteiger partial charge in [-0.3, -0.25) is 20.3 Å². The molecule has 1 saturated carbocycles. The van der Waals surface area contributed by atoms with E-state index >= 15 is 0 Å². The lowest BCUT2D eigenvalue weighted by Crippen LogP contribution is -2.18. The van der Waals surface area contributed by atoms with Crippen molar-refractivity contribution in [2.24, 2.45) is 5.92 Å². The molecule has 1 unspecified atom stereocenters. The van der Waals surface area contributed by atoms with Crippen molar-refractivity contribution < 1.29 is 19.2 Å².